The number of rotatable bonds is 5. The topological polar surface area (TPSA) is 105 Å². The van der Waals surface area contributed by atoms with Crippen LogP contribution in [0.25, 0.3) is 6.08 Å². The zero-order valence-corrected chi connectivity index (χ0v) is 15.7. The molecule has 1 saturated carbocycles. The number of esters is 1. The van der Waals surface area contributed by atoms with Crippen LogP contribution in [0.1, 0.15) is 43.2 Å². The van der Waals surface area contributed by atoms with Gasteiger partial charge in [0.2, 0.25) is 0 Å². The number of hydrazine groups is 1. The summed E-state index contributed by atoms with van der Waals surface area (Å²) >= 11 is 0. The molecule has 1 aliphatic heterocycles. The quantitative estimate of drug-likeness (QED) is 0.457. The van der Waals surface area contributed by atoms with Gasteiger partial charge in [-0.1, -0.05) is 43.5 Å². The third kappa shape index (κ3) is 4.21. The van der Waals surface area contributed by atoms with Crippen molar-refractivity contribution in [1.82, 2.24) is 15.8 Å². The number of imide groups is 1. The van der Waals surface area contributed by atoms with Crippen LogP contribution in [0.4, 0.5) is 4.79 Å². The first-order chi connectivity index (χ1) is 13.4. The average Bonchev–Trinajstić information content (AvgIpc) is 2.90. The van der Waals surface area contributed by atoms with Crippen molar-refractivity contribution in [2.45, 2.75) is 44.6 Å². The number of hydrogen-bond acceptors (Lipinski definition) is 5. The fourth-order valence-corrected chi connectivity index (χ4v) is 3.49. The summed E-state index contributed by atoms with van der Waals surface area (Å²) in [5.74, 6) is -1.91. The molecule has 28 heavy (non-hydrogen) atoms. The molecule has 3 rings (SSSR count). The number of ether oxygens (including phenoxy) is 1. The Labute approximate surface area is 162 Å². The number of carbonyl (C=O) groups is 4. The highest BCUT2D eigenvalue weighted by molar-refractivity contribution is 6.08. The van der Waals surface area contributed by atoms with Gasteiger partial charge in [-0.2, -0.15) is 5.01 Å². The van der Waals surface area contributed by atoms with Crippen molar-refractivity contribution < 1.29 is 23.9 Å². The van der Waals surface area contributed by atoms with E-state index in [1.165, 1.54) is 6.08 Å². The summed E-state index contributed by atoms with van der Waals surface area (Å²) in [6.07, 6.45) is 6.64. The Morgan fingerprint density at radius 1 is 1.21 bits per heavy atom. The van der Waals surface area contributed by atoms with Crippen LogP contribution in [0, 0.1) is 6.92 Å². The summed E-state index contributed by atoms with van der Waals surface area (Å²) < 4.78 is 4.88. The van der Waals surface area contributed by atoms with Gasteiger partial charge >= 0.3 is 12.0 Å². The lowest BCUT2D eigenvalue weighted by atomic mass is 9.82. The molecular weight excluding hydrogens is 362 g/mol. The summed E-state index contributed by atoms with van der Waals surface area (Å²) in [5.41, 5.74) is 3.16. The third-order valence-corrected chi connectivity index (χ3v) is 5.04. The molecule has 0 bridgehead atoms. The highest BCUT2D eigenvalue weighted by Crippen LogP contribution is 2.32. The minimum atomic E-state index is -0.921. The Morgan fingerprint density at radius 3 is 2.64 bits per heavy atom. The van der Waals surface area contributed by atoms with Gasteiger partial charge in [-0.3, -0.25) is 15.0 Å². The summed E-state index contributed by atoms with van der Waals surface area (Å²) in [6, 6.07) is 6.84. The van der Waals surface area contributed by atoms with Crippen LogP contribution in [0.2, 0.25) is 0 Å². The number of benzene rings is 1. The molecule has 1 aliphatic carbocycles. The predicted octanol–water partition coefficient (Wildman–Crippen LogP) is 1.84. The monoisotopic (exact) mass is 385 g/mol. The fourth-order valence-electron chi connectivity index (χ4n) is 3.49. The zero-order valence-electron chi connectivity index (χ0n) is 15.7. The first kappa shape index (κ1) is 19.6. The fraction of sp³-hybridized carbons (Fsp3) is 0.400. The molecule has 0 aromatic heterocycles. The first-order valence-electron chi connectivity index (χ1n) is 9.28. The van der Waals surface area contributed by atoms with Crippen LogP contribution in [0.3, 0.4) is 0 Å². The summed E-state index contributed by atoms with van der Waals surface area (Å²) in [7, 11) is 0. The first-order valence-corrected chi connectivity index (χ1v) is 9.28. The molecule has 1 aromatic carbocycles. The van der Waals surface area contributed by atoms with E-state index in [4.69, 9.17) is 4.74 Å². The van der Waals surface area contributed by atoms with E-state index >= 15 is 0 Å². The van der Waals surface area contributed by atoms with Gasteiger partial charge in [-0.25, -0.2) is 9.59 Å². The van der Waals surface area contributed by atoms with Crippen LogP contribution < -0.4 is 10.7 Å². The van der Waals surface area contributed by atoms with Crippen LogP contribution >= 0.6 is 0 Å². The van der Waals surface area contributed by atoms with Gasteiger partial charge in [-0.05, 0) is 37.0 Å². The van der Waals surface area contributed by atoms with Gasteiger partial charge in [0.05, 0.1) is 0 Å². The van der Waals surface area contributed by atoms with E-state index in [-0.39, 0.29) is 0 Å². The molecule has 2 aliphatic rings. The van der Waals surface area contributed by atoms with Crippen LogP contribution in [-0.2, 0) is 19.1 Å². The van der Waals surface area contributed by atoms with Gasteiger partial charge < -0.3 is 10.1 Å². The normalized spacial score (nSPS) is 18.4. The van der Waals surface area contributed by atoms with Crippen molar-refractivity contribution in [3.63, 3.8) is 0 Å². The predicted molar refractivity (Wildman–Crippen MR) is 101 cm³/mol. The molecular formula is C20H23N3O5. The van der Waals surface area contributed by atoms with Crippen LogP contribution in [0.15, 0.2) is 30.3 Å². The molecule has 8 heteroatoms. The van der Waals surface area contributed by atoms with Gasteiger partial charge in [0.1, 0.15) is 5.54 Å². The number of nitrogens with zero attached hydrogens (tertiary/aromatic N) is 1. The molecule has 1 spiro atoms. The second-order valence-corrected chi connectivity index (χ2v) is 7.05. The number of urea groups is 1. The maximum Gasteiger partial charge on any atom is 0.344 e. The minimum absolute atomic E-state index is 0.462. The lowest BCUT2D eigenvalue weighted by Crippen LogP contribution is -2.51. The second kappa shape index (κ2) is 8.24. The van der Waals surface area contributed by atoms with Crippen molar-refractivity contribution in [3.8, 4) is 0 Å². The number of carbonyl (C=O) groups excluding carboxylic acids is 4. The van der Waals surface area contributed by atoms with Gasteiger partial charge in [-0.15, -0.1) is 0 Å². The molecule has 1 saturated heterocycles. The SMILES string of the molecule is Cc1ccccc1/C=C/C(=O)OCC(=O)NN1C(=O)NC2(CCCCC2)C1=O. The van der Waals surface area contributed by atoms with E-state index in [1.807, 2.05) is 31.2 Å². The third-order valence-electron chi connectivity index (χ3n) is 5.04. The number of amides is 4. The summed E-state index contributed by atoms with van der Waals surface area (Å²) in [4.78, 5) is 48.4. The van der Waals surface area contributed by atoms with E-state index in [0.717, 1.165) is 30.4 Å². The van der Waals surface area contributed by atoms with E-state index in [1.54, 1.807) is 6.08 Å². The van der Waals surface area contributed by atoms with Crippen LogP contribution in [-0.4, -0.2) is 41.0 Å². The van der Waals surface area contributed by atoms with Gasteiger partial charge in [0.25, 0.3) is 11.8 Å². The standard InChI is InChI=1S/C20H23N3O5/c1-14-7-3-4-8-15(14)9-10-17(25)28-13-16(24)22-23-18(26)20(21-19(23)27)11-5-2-6-12-20/h3-4,7-10H,2,5-6,11-13H2,1H3,(H,21,27)(H,22,24)/b10-9+. The van der Waals surface area contributed by atoms with Crippen molar-refractivity contribution >= 4 is 29.9 Å². The maximum atomic E-state index is 12.6. The Balaban J connectivity index is 1.50. The van der Waals surface area contributed by atoms with E-state index in [0.29, 0.717) is 17.9 Å². The molecule has 0 atom stereocenters. The molecule has 1 heterocycles. The van der Waals surface area contributed by atoms with Crippen molar-refractivity contribution in [3.05, 3.63) is 41.5 Å². The smallest absolute Gasteiger partial charge is 0.344 e. The van der Waals surface area contributed by atoms with Crippen molar-refractivity contribution in [2.24, 2.45) is 0 Å². The molecule has 0 unspecified atom stereocenters. The number of hydrogen-bond donors (Lipinski definition) is 2. The van der Waals surface area contributed by atoms with Crippen molar-refractivity contribution in [2.75, 3.05) is 6.61 Å². The molecule has 148 valence electrons. The summed E-state index contributed by atoms with van der Waals surface area (Å²) in [6.45, 7) is 1.32. The summed E-state index contributed by atoms with van der Waals surface area (Å²) in [5, 5.41) is 3.37. The highest BCUT2D eigenvalue weighted by atomic mass is 16.5. The minimum Gasteiger partial charge on any atom is -0.452 e. The lowest BCUT2D eigenvalue weighted by molar-refractivity contribution is -0.147. The number of aryl methyl sites for hydroxylation is 1. The second-order valence-electron chi connectivity index (χ2n) is 7.05. The Hall–Kier alpha value is -3.16. The van der Waals surface area contributed by atoms with E-state index in [9.17, 15) is 19.2 Å². The number of nitrogens with one attached hydrogen (secondary N) is 2. The Kier molecular flexibility index (Phi) is 5.77. The molecule has 2 fully saturated rings. The largest absolute Gasteiger partial charge is 0.452 e. The van der Waals surface area contributed by atoms with Crippen molar-refractivity contribution in [1.29, 1.82) is 0 Å². The Morgan fingerprint density at radius 2 is 1.93 bits per heavy atom. The molecule has 0 radical (unpaired) electrons. The molecule has 2 N–H and O–H groups in total. The van der Waals surface area contributed by atoms with Gasteiger partial charge in [0.15, 0.2) is 6.61 Å². The zero-order chi connectivity index (χ0) is 20.1. The van der Waals surface area contributed by atoms with E-state index < -0.39 is 36.0 Å². The Bertz CT molecular complexity index is 827. The highest BCUT2D eigenvalue weighted by Gasteiger charge is 2.52. The van der Waals surface area contributed by atoms with Crippen LogP contribution in [0.5, 0.6) is 0 Å². The van der Waals surface area contributed by atoms with E-state index in [2.05, 4.69) is 10.7 Å². The van der Waals surface area contributed by atoms with Gasteiger partial charge in [0, 0.05) is 6.08 Å². The molecule has 4 amide bonds. The molecule has 8 nitrogen and oxygen atoms in total. The average molecular weight is 385 g/mol. The molecule has 1 aromatic rings. The lowest BCUT2D eigenvalue weighted by Gasteiger charge is -2.30. The maximum absolute atomic E-state index is 12.6.